The summed E-state index contributed by atoms with van der Waals surface area (Å²) in [7, 11) is 0. The second-order valence-corrected chi connectivity index (χ2v) is 2.84. The number of aldehydes is 1. The SMILES string of the molecule is CC(C=O)C(C)(C)[N+](=O)[O-]. The molecule has 4 heteroatoms. The Labute approximate surface area is 59.4 Å². The first-order chi connectivity index (χ1) is 4.42. The molecule has 0 aliphatic carbocycles. The fourth-order valence-corrected chi connectivity index (χ4v) is 0.333. The molecule has 0 aromatic rings. The van der Waals surface area contributed by atoms with E-state index in [1.165, 1.54) is 20.8 Å². The van der Waals surface area contributed by atoms with E-state index in [-0.39, 0.29) is 0 Å². The van der Waals surface area contributed by atoms with Gasteiger partial charge in [0.1, 0.15) is 6.29 Å². The lowest BCUT2D eigenvalue weighted by atomic mass is 9.91. The van der Waals surface area contributed by atoms with Gasteiger partial charge in [0.25, 0.3) is 0 Å². The van der Waals surface area contributed by atoms with Gasteiger partial charge in [0, 0.05) is 18.8 Å². The number of hydrogen-bond donors (Lipinski definition) is 0. The third-order valence-corrected chi connectivity index (χ3v) is 1.79. The molecule has 0 aromatic heterocycles. The normalized spacial score (nSPS) is 14.3. The van der Waals surface area contributed by atoms with E-state index in [9.17, 15) is 14.9 Å². The van der Waals surface area contributed by atoms with Gasteiger partial charge in [0.2, 0.25) is 5.54 Å². The van der Waals surface area contributed by atoms with Gasteiger partial charge in [0.05, 0.1) is 5.92 Å². The molecular weight excluding hydrogens is 134 g/mol. The maximum atomic E-state index is 10.3. The van der Waals surface area contributed by atoms with Crippen LogP contribution in [0.2, 0.25) is 0 Å². The minimum Gasteiger partial charge on any atom is -0.303 e. The Balaban J connectivity index is 4.38. The van der Waals surface area contributed by atoms with E-state index >= 15 is 0 Å². The standard InChI is InChI=1S/C6H11NO3/c1-5(4-8)6(2,3)7(9)10/h4-5H,1-3H3. The second kappa shape index (κ2) is 2.77. The topological polar surface area (TPSA) is 60.2 Å². The smallest absolute Gasteiger partial charge is 0.225 e. The first-order valence-corrected chi connectivity index (χ1v) is 3.02. The van der Waals surface area contributed by atoms with Gasteiger partial charge in [-0.3, -0.25) is 10.1 Å². The zero-order valence-corrected chi connectivity index (χ0v) is 6.33. The average Bonchev–Trinajstić information content (AvgIpc) is 1.86. The largest absolute Gasteiger partial charge is 0.303 e. The van der Waals surface area contributed by atoms with Gasteiger partial charge in [-0.25, -0.2) is 0 Å². The molecule has 10 heavy (non-hydrogen) atoms. The summed E-state index contributed by atoms with van der Waals surface area (Å²) in [5.41, 5.74) is -1.14. The summed E-state index contributed by atoms with van der Waals surface area (Å²) < 4.78 is 0. The number of nitro groups is 1. The monoisotopic (exact) mass is 145 g/mol. The summed E-state index contributed by atoms with van der Waals surface area (Å²) in [6.45, 7) is 4.41. The maximum Gasteiger partial charge on any atom is 0.225 e. The van der Waals surface area contributed by atoms with Gasteiger partial charge in [-0.2, -0.15) is 0 Å². The van der Waals surface area contributed by atoms with Crippen molar-refractivity contribution in [1.82, 2.24) is 0 Å². The van der Waals surface area contributed by atoms with Gasteiger partial charge >= 0.3 is 0 Å². The highest BCUT2D eigenvalue weighted by atomic mass is 16.6. The lowest BCUT2D eigenvalue weighted by Crippen LogP contribution is -2.38. The minimum atomic E-state index is -1.14. The average molecular weight is 145 g/mol. The van der Waals surface area contributed by atoms with Crippen LogP contribution in [0.5, 0.6) is 0 Å². The second-order valence-electron chi connectivity index (χ2n) is 2.84. The lowest BCUT2D eigenvalue weighted by Gasteiger charge is -2.17. The summed E-state index contributed by atoms with van der Waals surface area (Å²) in [5.74, 6) is -0.539. The molecule has 0 rings (SSSR count). The molecule has 0 fully saturated rings. The molecule has 0 saturated carbocycles. The summed E-state index contributed by atoms with van der Waals surface area (Å²) in [4.78, 5) is 20.0. The van der Waals surface area contributed by atoms with E-state index in [4.69, 9.17) is 0 Å². The van der Waals surface area contributed by atoms with Crippen LogP contribution in [-0.2, 0) is 4.79 Å². The van der Waals surface area contributed by atoms with E-state index in [0.29, 0.717) is 6.29 Å². The van der Waals surface area contributed by atoms with Crippen molar-refractivity contribution >= 4 is 6.29 Å². The van der Waals surface area contributed by atoms with Crippen LogP contribution in [0.15, 0.2) is 0 Å². The van der Waals surface area contributed by atoms with Crippen LogP contribution in [0, 0.1) is 16.0 Å². The molecule has 58 valence electrons. The lowest BCUT2D eigenvalue weighted by molar-refractivity contribution is -0.566. The zero-order valence-electron chi connectivity index (χ0n) is 6.33. The van der Waals surface area contributed by atoms with Crippen LogP contribution in [0.3, 0.4) is 0 Å². The van der Waals surface area contributed by atoms with E-state index in [2.05, 4.69) is 0 Å². The highest BCUT2D eigenvalue weighted by Crippen LogP contribution is 2.17. The molecule has 0 aliphatic heterocycles. The zero-order chi connectivity index (χ0) is 8.36. The molecule has 0 radical (unpaired) electrons. The van der Waals surface area contributed by atoms with Gasteiger partial charge in [0.15, 0.2) is 0 Å². The maximum absolute atomic E-state index is 10.3. The molecule has 1 unspecified atom stereocenters. The third-order valence-electron chi connectivity index (χ3n) is 1.79. The predicted octanol–water partition coefficient (Wildman–Crippen LogP) is 0.877. The van der Waals surface area contributed by atoms with Crippen LogP contribution in [0.25, 0.3) is 0 Å². The van der Waals surface area contributed by atoms with Crippen molar-refractivity contribution < 1.29 is 9.72 Å². The molecule has 0 N–H and O–H groups in total. The molecule has 0 saturated heterocycles. The number of carbonyl (C=O) groups is 1. The number of rotatable bonds is 3. The van der Waals surface area contributed by atoms with Crippen molar-refractivity contribution in [2.45, 2.75) is 26.3 Å². The fourth-order valence-electron chi connectivity index (χ4n) is 0.333. The summed E-state index contributed by atoms with van der Waals surface area (Å²) >= 11 is 0. The van der Waals surface area contributed by atoms with Crippen LogP contribution in [0.1, 0.15) is 20.8 Å². The molecule has 0 heterocycles. The highest BCUT2D eigenvalue weighted by molar-refractivity contribution is 5.54. The van der Waals surface area contributed by atoms with E-state index in [1.54, 1.807) is 0 Å². The molecule has 0 spiro atoms. The molecular formula is C6H11NO3. The molecule has 0 aliphatic rings. The van der Waals surface area contributed by atoms with Gasteiger partial charge in [-0.05, 0) is 6.92 Å². The van der Waals surface area contributed by atoms with Crippen LogP contribution >= 0.6 is 0 Å². The van der Waals surface area contributed by atoms with Crippen molar-refractivity contribution in [2.75, 3.05) is 0 Å². The highest BCUT2D eigenvalue weighted by Gasteiger charge is 2.37. The first kappa shape index (κ1) is 9.07. The van der Waals surface area contributed by atoms with Crippen molar-refractivity contribution in [1.29, 1.82) is 0 Å². The Bertz CT molecular complexity index is 153. The van der Waals surface area contributed by atoms with Crippen LogP contribution < -0.4 is 0 Å². The van der Waals surface area contributed by atoms with Crippen molar-refractivity contribution in [3.05, 3.63) is 10.1 Å². The number of hydrogen-bond acceptors (Lipinski definition) is 3. The molecule has 0 bridgehead atoms. The van der Waals surface area contributed by atoms with E-state index < -0.39 is 16.4 Å². The Kier molecular flexibility index (Phi) is 2.51. The fraction of sp³-hybridized carbons (Fsp3) is 0.833. The molecule has 1 atom stereocenters. The minimum absolute atomic E-state index is 0.438. The van der Waals surface area contributed by atoms with Gasteiger partial charge in [-0.15, -0.1) is 0 Å². The van der Waals surface area contributed by atoms with Gasteiger partial charge in [-0.1, -0.05) is 0 Å². The van der Waals surface area contributed by atoms with Crippen molar-refractivity contribution in [2.24, 2.45) is 5.92 Å². The quantitative estimate of drug-likeness (QED) is 0.336. The van der Waals surface area contributed by atoms with E-state index in [0.717, 1.165) is 0 Å². The molecule has 4 nitrogen and oxygen atoms in total. The Morgan fingerprint density at radius 1 is 1.60 bits per heavy atom. The Hall–Kier alpha value is -0.930. The van der Waals surface area contributed by atoms with Crippen molar-refractivity contribution in [3.63, 3.8) is 0 Å². The number of carbonyl (C=O) groups excluding carboxylic acids is 1. The summed E-state index contributed by atoms with van der Waals surface area (Å²) in [6.07, 6.45) is 0.600. The summed E-state index contributed by atoms with van der Waals surface area (Å²) in [5, 5.41) is 10.3. The van der Waals surface area contributed by atoms with Crippen LogP contribution in [0.4, 0.5) is 0 Å². The third kappa shape index (κ3) is 1.52. The first-order valence-electron chi connectivity index (χ1n) is 3.02. The molecule has 0 aromatic carbocycles. The summed E-state index contributed by atoms with van der Waals surface area (Å²) in [6, 6.07) is 0. The number of nitrogens with zero attached hydrogens (tertiary/aromatic N) is 1. The Morgan fingerprint density at radius 2 is 2.00 bits per heavy atom. The van der Waals surface area contributed by atoms with Crippen LogP contribution in [-0.4, -0.2) is 16.7 Å². The van der Waals surface area contributed by atoms with Crippen molar-refractivity contribution in [3.8, 4) is 0 Å². The molecule has 0 amide bonds. The predicted molar refractivity (Wildman–Crippen MR) is 36.3 cm³/mol. The van der Waals surface area contributed by atoms with E-state index in [1.807, 2.05) is 0 Å². The van der Waals surface area contributed by atoms with Gasteiger partial charge < -0.3 is 4.79 Å². The Morgan fingerprint density at radius 3 is 2.10 bits per heavy atom.